The normalized spacial score (nSPS) is 49.9. The Kier molecular flexibility index (Phi) is 7.24. The van der Waals surface area contributed by atoms with Gasteiger partial charge < -0.3 is 20.1 Å². The van der Waals surface area contributed by atoms with Gasteiger partial charge >= 0.3 is 29.6 Å². The minimum Gasteiger partial charge on any atom is -0.550 e. The first kappa shape index (κ1) is 24.0. The molecular formula is C24H39NaO4. The van der Waals surface area contributed by atoms with Crippen LogP contribution in [0.25, 0.3) is 0 Å². The quantitative estimate of drug-likeness (QED) is 0.642. The summed E-state index contributed by atoms with van der Waals surface area (Å²) in [6, 6.07) is 0. The number of aliphatic hydroxyl groups is 2. The molecule has 0 amide bonds. The number of carboxylic acids is 1. The van der Waals surface area contributed by atoms with Crippen molar-refractivity contribution < 1.29 is 49.7 Å². The molecule has 4 fully saturated rings. The van der Waals surface area contributed by atoms with Crippen LogP contribution in [-0.4, -0.2) is 28.4 Å². The SMILES string of the molecule is C[C@@H](CCC(=O)[O-])[C@@H]1CCC2C3CC[C@H]4C[C@@H](O)CC[C@@]4(C)C3C[C@@H](O)[C@]21C.[Na+]. The summed E-state index contributed by atoms with van der Waals surface area (Å²) in [4.78, 5) is 10.9. The summed E-state index contributed by atoms with van der Waals surface area (Å²) >= 11 is 0. The van der Waals surface area contributed by atoms with Gasteiger partial charge in [-0.25, -0.2) is 0 Å². The summed E-state index contributed by atoms with van der Waals surface area (Å²) in [5, 5.41) is 32.6. The molecule has 0 aromatic heterocycles. The Morgan fingerprint density at radius 2 is 1.79 bits per heavy atom. The van der Waals surface area contributed by atoms with Gasteiger partial charge in [-0.05, 0) is 111 Å². The van der Waals surface area contributed by atoms with Gasteiger partial charge in [-0.1, -0.05) is 20.8 Å². The second-order valence-corrected chi connectivity index (χ2v) is 11.3. The molecule has 5 heteroatoms. The zero-order chi connectivity index (χ0) is 20.3. The summed E-state index contributed by atoms with van der Waals surface area (Å²) in [6.07, 6.45) is 8.98. The van der Waals surface area contributed by atoms with Gasteiger partial charge in [-0.2, -0.15) is 0 Å². The van der Waals surface area contributed by atoms with E-state index in [0.29, 0.717) is 41.9 Å². The fourth-order valence-corrected chi connectivity index (χ4v) is 8.71. The number of hydrogen-bond donors (Lipinski definition) is 2. The Balaban J connectivity index is 0.00000240. The molecule has 0 radical (unpaired) electrons. The van der Waals surface area contributed by atoms with Gasteiger partial charge in [0.05, 0.1) is 12.2 Å². The van der Waals surface area contributed by atoms with Crippen LogP contribution in [0.1, 0.15) is 85.0 Å². The van der Waals surface area contributed by atoms with E-state index >= 15 is 0 Å². The number of rotatable bonds is 4. The molecule has 0 aliphatic heterocycles. The first-order valence-electron chi connectivity index (χ1n) is 11.7. The van der Waals surface area contributed by atoms with Crippen LogP contribution in [0.5, 0.6) is 0 Å². The zero-order valence-electron chi connectivity index (χ0n) is 18.9. The predicted molar refractivity (Wildman–Crippen MR) is 106 cm³/mol. The average molecular weight is 415 g/mol. The number of carbonyl (C=O) groups is 1. The van der Waals surface area contributed by atoms with E-state index in [1.54, 1.807) is 0 Å². The maximum Gasteiger partial charge on any atom is 1.00 e. The van der Waals surface area contributed by atoms with Gasteiger partial charge in [0, 0.05) is 5.97 Å². The summed E-state index contributed by atoms with van der Waals surface area (Å²) in [6.45, 7) is 6.94. The van der Waals surface area contributed by atoms with E-state index in [0.717, 1.165) is 32.1 Å². The van der Waals surface area contributed by atoms with Crippen LogP contribution >= 0.6 is 0 Å². The molecule has 10 atom stereocenters. The van der Waals surface area contributed by atoms with Crippen LogP contribution in [0.3, 0.4) is 0 Å². The number of carboxylic acid groups (broad SMARTS) is 1. The third kappa shape index (κ3) is 3.88. The number of carbonyl (C=O) groups excluding carboxylic acids is 1. The standard InChI is InChI=1S/C24H40O4.Na/c1-14(4-9-22(27)28)18-7-8-19-17-6-5-15-12-16(25)10-11-23(15,2)20(17)13-21(26)24(18,19)3;/h14-21,25-26H,4-13H2,1-3H3,(H,27,28);/q;+1/p-1/t14-,15-,16-,17?,18-,19?,20?,21+,23+,24-;/m0./s1. The molecule has 0 bridgehead atoms. The Labute approximate surface area is 198 Å². The summed E-state index contributed by atoms with van der Waals surface area (Å²) < 4.78 is 0. The van der Waals surface area contributed by atoms with Crippen molar-refractivity contribution in [2.24, 2.45) is 46.3 Å². The largest absolute Gasteiger partial charge is 1.00 e. The van der Waals surface area contributed by atoms with E-state index in [-0.39, 0.29) is 59.0 Å². The van der Waals surface area contributed by atoms with Crippen molar-refractivity contribution in [3.05, 3.63) is 0 Å². The Hall–Kier alpha value is 0.390. The van der Waals surface area contributed by atoms with Crippen LogP contribution in [0, 0.1) is 46.3 Å². The number of hydrogen-bond acceptors (Lipinski definition) is 4. The Morgan fingerprint density at radius 3 is 2.48 bits per heavy atom. The molecule has 0 aromatic carbocycles. The second kappa shape index (κ2) is 8.73. The minimum absolute atomic E-state index is 0. The number of aliphatic hydroxyl groups excluding tert-OH is 2. The molecule has 4 aliphatic carbocycles. The average Bonchev–Trinajstić information content (AvgIpc) is 3.00. The van der Waals surface area contributed by atoms with Crippen molar-refractivity contribution in [2.45, 2.75) is 97.2 Å². The van der Waals surface area contributed by atoms with E-state index in [2.05, 4.69) is 20.8 Å². The number of fused-ring (bicyclic) bond motifs is 5. The second-order valence-electron chi connectivity index (χ2n) is 11.3. The zero-order valence-corrected chi connectivity index (χ0v) is 20.9. The molecule has 4 aliphatic rings. The smallest absolute Gasteiger partial charge is 0.550 e. The third-order valence-electron chi connectivity index (χ3n) is 10.3. The van der Waals surface area contributed by atoms with E-state index in [4.69, 9.17) is 0 Å². The predicted octanol–water partition coefficient (Wildman–Crippen LogP) is 0.147. The van der Waals surface area contributed by atoms with E-state index in [1.165, 1.54) is 19.3 Å². The molecule has 4 nitrogen and oxygen atoms in total. The summed E-state index contributed by atoms with van der Waals surface area (Å²) in [5.74, 6) is 2.19. The van der Waals surface area contributed by atoms with Crippen LogP contribution in [0.15, 0.2) is 0 Å². The minimum atomic E-state index is -0.957. The van der Waals surface area contributed by atoms with Crippen molar-refractivity contribution >= 4 is 5.97 Å². The van der Waals surface area contributed by atoms with Gasteiger partial charge in [0.25, 0.3) is 0 Å². The van der Waals surface area contributed by atoms with Crippen LogP contribution in [0.4, 0.5) is 0 Å². The van der Waals surface area contributed by atoms with Gasteiger partial charge in [0.2, 0.25) is 0 Å². The number of aliphatic carboxylic acids is 1. The van der Waals surface area contributed by atoms with Crippen LogP contribution in [0.2, 0.25) is 0 Å². The van der Waals surface area contributed by atoms with E-state index in [1.807, 2.05) is 0 Å². The molecule has 4 rings (SSSR count). The molecule has 160 valence electrons. The molecule has 0 saturated heterocycles. The molecular weight excluding hydrogens is 375 g/mol. The third-order valence-corrected chi connectivity index (χ3v) is 10.3. The molecule has 0 heterocycles. The van der Waals surface area contributed by atoms with Crippen molar-refractivity contribution in [1.82, 2.24) is 0 Å². The van der Waals surface area contributed by atoms with E-state index in [9.17, 15) is 20.1 Å². The van der Waals surface area contributed by atoms with Crippen LogP contribution < -0.4 is 34.7 Å². The molecule has 3 unspecified atom stereocenters. The fraction of sp³-hybridized carbons (Fsp3) is 0.958. The van der Waals surface area contributed by atoms with Crippen molar-refractivity contribution in [3.63, 3.8) is 0 Å². The van der Waals surface area contributed by atoms with Gasteiger partial charge in [0.1, 0.15) is 0 Å². The van der Waals surface area contributed by atoms with E-state index < -0.39 is 5.97 Å². The maximum atomic E-state index is 11.5. The van der Waals surface area contributed by atoms with Crippen molar-refractivity contribution in [1.29, 1.82) is 0 Å². The molecule has 0 aromatic rings. The van der Waals surface area contributed by atoms with Crippen molar-refractivity contribution in [3.8, 4) is 0 Å². The van der Waals surface area contributed by atoms with Gasteiger partial charge in [0.15, 0.2) is 0 Å². The van der Waals surface area contributed by atoms with Gasteiger partial charge in [-0.3, -0.25) is 0 Å². The first-order valence-corrected chi connectivity index (χ1v) is 11.7. The molecule has 0 spiro atoms. The monoisotopic (exact) mass is 414 g/mol. The van der Waals surface area contributed by atoms with Crippen LogP contribution in [-0.2, 0) is 4.79 Å². The summed E-state index contributed by atoms with van der Waals surface area (Å²) in [5.41, 5.74) is 0.188. The Bertz CT molecular complexity index is 612. The molecule has 29 heavy (non-hydrogen) atoms. The topological polar surface area (TPSA) is 80.6 Å². The fourth-order valence-electron chi connectivity index (χ4n) is 8.71. The molecule has 4 saturated carbocycles. The Morgan fingerprint density at radius 1 is 1.07 bits per heavy atom. The van der Waals surface area contributed by atoms with Gasteiger partial charge in [-0.15, -0.1) is 0 Å². The summed E-state index contributed by atoms with van der Waals surface area (Å²) in [7, 11) is 0. The van der Waals surface area contributed by atoms with Crippen molar-refractivity contribution in [2.75, 3.05) is 0 Å². The maximum absolute atomic E-state index is 11.5. The molecule has 2 N–H and O–H groups in total. The first-order chi connectivity index (χ1) is 13.2.